The highest BCUT2D eigenvalue weighted by molar-refractivity contribution is 8.14. The Labute approximate surface area is 111 Å². The minimum Gasteiger partial charge on any atom is -0.495 e. The molecule has 1 aliphatic heterocycles. The van der Waals surface area contributed by atoms with Crippen molar-refractivity contribution >= 4 is 34.2 Å². The van der Waals surface area contributed by atoms with Crippen molar-refractivity contribution in [3.05, 3.63) is 23.2 Å². The number of anilines is 1. The molecule has 1 aromatic rings. The number of halogens is 1. The number of amidine groups is 1. The van der Waals surface area contributed by atoms with E-state index in [1.165, 1.54) is 0 Å². The van der Waals surface area contributed by atoms with Crippen molar-refractivity contribution in [1.29, 1.82) is 0 Å². The molecule has 1 unspecified atom stereocenters. The Morgan fingerprint density at radius 3 is 3.06 bits per heavy atom. The molecule has 0 fully saturated rings. The SMILES string of the molecule is CCC1CSC(Nc2cc(Cl)ccc2OC)=N1. The van der Waals surface area contributed by atoms with Crippen molar-refractivity contribution in [3.8, 4) is 5.75 Å². The molecule has 1 aliphatic rings. The highest BCUT2D eigenvalue weighted by atomic mass is 35.5. The first-order valence-electron chi connectivity index (χ1n) is 5.54. The second kappa shape index (κ2) is 5.65. The molecular formula is C12H15ClN2OS. The molecular weight excluding hydrogens is 256 g/mol. The zero-order valence-electron chi connectivity index (χ0n) is 9.87. The smallest absolute Gasteiger partial charge is 0.161 e. The van der Waals surface area contributed by atoms with E-state index in [1.54, 1.807) is 18.9 Å². The summed E-state index contributed by atoms with van der Waals surface area (Å²) in [5.74, 6) is 1.82. The lowest BCUT2D eigenvalue weighted by molar-refractivity contribution is 0.417. The summed E-state index contributed by atoms with van der Waals surface area (Å²) in [5, 5.41) is 4.90. The van der Waals surface area contributed by atoms with Gasteiger partial charge in [-0.3, -0.25) is 4.99 Å². The Morgan fingerprint density at radius 2 is 2.41 bits per heavy atom. The molecule has 5 heteroatoms. The maximum Gasteiger partial charge on any atom is 0.161 e. The standard InChI is InChI=1S/C12H15ClN2OS/c1-3-9-7-17-12(14-9)15-10-6-8(13)4-5-11(10)16-2/h4-6,9H,3,7H2,1-2H3,(H,14,15). The van der Waals surface area contributed by atoms with Crippen molar-refractivity contribution in [3.63, 3.8) is 0 Å². The number of benzene rings is 1. The van der Waals surface area contributed by atoms with Crippen LogP contribution in [0.5, 0.6) is 5.75 Å². The van der Waals surface area contributed by atoms with E-state index in [0.29, 0.717) is 11.1 Å². The normalized spacial score (nSPS) is 19.0. The van der Waals surface area contributed by atoms with Crippen molar-refractivity contribution in [2.45, 2.75) is 19.4 Å². The van der Waals surface area contributed by atoms with E-state index >= 15 is 0 Å². The van der Waals surface area contributed by atoms with Crippen LogP contribution < -0.4 is 10.1 Å². The largest absolute Gasteiger partial charge is 0.495 e. The fraction of sp³-hybridized carbons (Fsp3) is 0.417. The minimum atomic E-state index is 0.424. The van der Waals surface area contributed by atoms with E-state index in [4.69, 9.17) is 16.3 Å². The van der Waals surface area contributed by atoms with Crippen molar-refractivity contribution in [2.75, 3.05) is 18.2 Å². The van der Waals surface area contributed by atoms with Gasteiger partial charge in [-0.2, -0.15) is 0 Å². The van der Waals surface area contributed by atoms with Crippen LogP contribution in [-0.4, -0.2) is 24.1 Å². The highest BCUT2D eigenvalue weighted by Crippen LogP contribution is 2.30. The van der Waals surface area contributed by atoms with Crippen LogP contribution in [0.2, 0.25) is 5.02 Å². The van der Waals surface area contributed by atoms with Gasteiger partial charge >= 0.3 is 0 Å². The summed E-state index contributed by atoms with van der Waals surface area (Å²) >= 11 is 7.71. The van der Waals surface area contributed by atoms with Crippen LogP contribution in [-0.2, 0) is 0 Å². The summed E-state index contributed by atoms with van der Waals surface area (Å²) in [5.41, 5.74) is 0.864. The second-order valence-electron chi connectivity index (χ2n) is 3.78. The van der Waals surface area contributed by atoms with Gasteiger partial charge in [-0.05, 0) is 24.6 Å². The zero-order chi connectivity index (χ0) is 12.3. The molecule has 1 aromatic carbocycles. The molecule has 17 heavy (non-hydrogen) atoms. The van der Waals surface area contributed by atoms with Gasteiger partial charge in [0.1, 0.15) is 5.75 Å². The number of aliphatic imine (C=N–C) groups is 1. The molecule has 1 N–H and O–H groups in total. The number of thioether (sulfide) groups is 1. The summed E-state index contributed by atoms with van der Waals surface area (Å²) in [6.07, 6.45) is 1.07. The maximum atomic E-state index is 5.97. The average Bonchev–Trinajstić information content (AvgIpc) is 2.77. The first kappa shape index (κ1) is 12.6. The molecule has 1 atom stereocenters. The molecule has 92 valence electrons. The van der Waals surface area contributed by atoms with Gasteiger partial charge in [-0.15, -0.1) is 0 Å². The van der Waals surface area contributed by atoms with Gasteiger partial charge in [0.2, 0.25) is 0 Å². The molecule has 3 nitrogen and oxygen atoms in total. The molecule has 0 radical (unpaired) electrons. The van der Waals surface area contributed by atoms with Crippen LogP contribution >= 0.6 is 23.4 Å². The number of methoxy groups -OCH3 is 1. The van der Waals surface area contributed by atoms with Gasteiger partial charge in [0.25, 0.3) is 0 Å². The lowest BCUT2D eigenvalue weighted by atomic mass is 10.3. The minimum absolute atomic E-state index is 0.424. The molecule has 2 rings (SSSR count). The van der Waals surface area contributed by atoms with E-state index in [1.807, 2.05) is 18.2 Å². The topological polar surface area (TPSA) is 33.6 Å². The number of nitrogens with one attached hydrogen (secondary N) is 1. The molecule has 0 bridgehead atoms. The maximum absolute atomic E-state index is 5.97. The van der Waals surface area contributed by atoms with Crippen molar-refractivity contribution in [2.24, 2.45) is 4.99 Å². The van der Waals surface area contributed by atoms with E-state index in [2.05, 4.69) is 17.2 Å². The predicted octanol–water partition coefficient (Wildman–Crippen LogP) is 3.64. The first-order valence-corrected chi connectivity index (χ1v) is 6.90. The van der Waals surface area contributed by atoms with Crippen LogP contribution in [0.15, 0.2) is 23.2 Å². The third-order valence-corrected chi connectivity index (χ3v) is 3.85. The van der Waals surface area contributed by atoms with Crippen LogP contribution in [0.4, 0.5) is 5.69 Å². The number of hydrogen-bond donors (Lipinski definition) is 1. The molecule has 0 amide bonds. The number of ether oxygens (including phenoxy) is 1. The van der Waals surface area contributed by atoms with Crippen LogP contribution in [0.25, 0.3) is 0 Å². The first-order chi connectivity index (χ1) is 8.22. The average molecular weight is 271 g/mol. The van der Waals surface area contributed by atoms with Gasteiger partial charge in [0, 0.05) is 10.8 Å². The van der Waals surface area contributed by atoms with E-state index < -0.39 is 0 Å². The Bertz CT molecular complexity index is 437. The quantitative estimate of drug-likeness (QED) is 0.910. The summed E-state index contributed by atoms with van der Waals surface area (Å²) < 4.78 is 5.28. The highest BCUT2D eigenvalue weighted by Gasteiger charge is 2.17. The monoisotopic (exact) mass is 270 g/mol. The van der Waals surface area contributed by atoms with Crippen LogP contribution in [0.1, 0.15) is 13.3 Å². The van der Waals surface area contributed by atoms with Crippen LogP contribution in [0.3, 0.4) is 0 Å². The number of hydrogen-bond acceptors (Lipinski definition) is 4. The van der Waals surface area contributed by atoms with Gasteiger partial charge in [0.15, 0.2) is 5.17 Å². The Morgan fingerprint density at radius 1 is 1.59 bits per heavy atom. The number of nitrogens with zero attached hydrogens (tertiary/aromatic N) is 1. The Balaban J connectivity index is 2.15. The molecule has 0 aliphatic carbocycles. The Hall–Kier alpha value is -0.870. The molecule has 0 saturated carbocycles. The summed E-state index contributed by atoms with van der Waals surface area (Å²) in [7, 11) is 1.65. The van der Waals surface area contributed by atoms with Gasteiger partial charge < -0.3 is 10.1 Å². The second-order valence-corrected chi connectivity index (χ2v) is 5.22. The van der Waals surface area contributed by atoms with E-state index in [-0.39, 0.29) is 0 Å². The van der Waals surface area contributed by atoms with Crippen LogP contribution in [0, 0.1) is 0 Å². The molecule has 0 aromatic heterocycles. The fourth-order valence-electron chi connectivity index (χ4n) is 1.59. The third kappa shape index (κ3) is 3.07. The van der Waals surface area contributed by atoms with Crippen molar-refractivity contribution in [1.82, 2.24) is 0 Å². The molecule has 1 heterocycles. The van der Waals surface area contributed by atoms with Gasteiger partial charge in [-0.1, -0.05) is 30.3 Å². The van der Waals surface area contributed by atoms with Gasteiger partial charge in [-0.25, -0.2) is 0 Å². The summed E-state index contributed by atoms with van der Waals surface area (Å²) in [6, 6.07) is 5.93. The number of rotatable bonds is 3. The zero-order valence-corrected chi connectivity index (χ0v) is 11.4. The predicted molar refractivity (Wildman–Crippen MR) is 75.6 cm³/mol. The summed E-state index contributed by atoms with van der Waals surface area (Å²) in [6.45, 7) is 2.15. The Kier molecular flexibility index (Phi) is 4.18. The summed E-state index contributed by atoms with van der Waals surface area (Å²) in [4.78, 5) is 4.58. The third-order valence-electron chi connectivity index (χ3n) is 2.59. The van der Waals surface area contributed by atoms with Gasteiger partial charge in [0.05, 0.1) is 18.8 Å². The fourth-order valence-corrected chi connectivity index (χ4v) is 2.82. The lowest BCUT2D eigenvalue weighted by Gasteiger charge is -2.10. The molecule has 0 saturated heterocycles. The van der Waals surface area contributed by atoms with E-state index in [9.17, 15) is 0 Å². The van der Waals surface area contributed by atoms with E-state index in [0.717, 1.165) is 28.8 Å². The lowest BCUT2D eigenvalue weighted by Crippen LogP contribution is -2.06. The molecule has 0 spiro atoms. The van der Waals surface area contributed by atoms with Crippen molar-refractivity contribution < 1.29 is 4.74 Å².